The van der Waals surface area contributed by atoms with Gasteiger partial charge in [0.25, 0.3) is 5.91 Å². The van der Waals surface area contributed by atoms with Crippen molar-refractivity contribution in [1.29, 1.82) is 0 Å². The fraction of sp³-hybridized carbons (Fsp3) is 0.182. The number of nitrogens with two attached hydrogens (primary N) is 1. The Balaban J connectivity index is 1.83. The summed E-state index contributed by atoms with van der Waals surface area (Å²) in [6, 6.07) is 10.2. The number of halogens is 4. The van der Waals surface area contributed by atoms with Crippen LogP contribution in [0.2, 0.25) is 5.02 Å². The molecule has 0 fully saturated rings. The number of amides is 1. The van der Waals surface area contributed by atoms with Crippen molar-refractivity contribution in [2.45, 2.75) is 24.1 Å². The first-order chi connectivity index (χ1) is 15.8. The molecule has 180 valence electrons. The van der Waals surface area contributed by atoms with E-state index in [1.54, 1.807) is 31.2 Å². The van der Waals surface area contributed by atoms with E-state index >= 15 is 0 Å². The van der Waals surface area contributed by atoms with Crippen LogP contribution in [0, 0.1) is 0 Å². The molecule has 3 rings (SSSR count). The number of carbonyl (C=O) groups excluding carboxylic acids is 1. The van der Waals surface area contributed by atoms with Gasteiger partial charge in [0.1, 0.15) is 6.10 Å². The molecule has 1 aromatic heterocycles. The van der Waals surface area contributed by atoms with Gasteiger partial charge in [-0.3, -0.25) is 4.79 Å². The van der Waals surface area contributed by atoms with Crippen LogP contribution in [0.25, 0.3) is 0 Å². The molecule has 3 aromatic rings. The molecule has 1 heterocycles. The minimum atomic E-state index is -4.89. The molecule has 12 heteroatoms. The lowest BCUT2D eigenvalue weighted by Gasteiger charge is -2.17. The summed E-state index contributed by atoms with van der Waals surface area (Å²) in [5.41, 5.74) is 5.16. The third-order valence-electron chi connectivity index (χ3n) is 4.71. The number of nitrogen functional groups attached to an aromatic ring is 1. The van der Waals surface area contributed by atoms with Crippen LogP contribution < -0.4 is 15.8 Å². The number of carbonyl (C=O) groups is 1. The molecule has 7 nitrogen and oxygen atoms in total. The van der Waals surface area contributed by atoms with Gasteiger partial charge in [0.15, 0.2) is 21.4 Å². The number of rotatable bonds is 6. The monoisotopic (exact) mass is 513 g/mol. The summed E-state index contributed by atoms with van der Waals surface area (Å²) in [6.45, 7) is 1.73. The van der Waals surface area contributed by atoms with Crippen LogP contribution in [0.1, 0.15) is 34.5 Å². The number of anilines is 2. The summed E-state index contributed by atoms with van der Waals surface area (Å²) < 4.78 is 69.1. The molecule has 1 atom stereocenters. The third-order valence-corrected chi connectivity index (χ3v) is 6.06. The van der Waals surface area contributed by atoms with Crippen molar-refractivity contribution in [3.8, 4) is 5.75 Å². The van der Waals surface area contributed by atoms with Crippen molar-refractivity contribution in [2.24, 2.45) is 0 Å². The lowest BCUT2D eigenvalue weighted by molar-refractivity contribution is -0.139. The molecule has 3 N–H and O–H groups in total. The highest BCUT2D eigenvalue weighted by Crippen LogP contribution is 2.35. The van der Waals surface area contributed by atoms with Crippen molar-refractivity contribution in [1.82, 2.24) is 4.98 Å². The Morgan fingerprint density at radius 2 is 1.88 bits per heavy atom. The second-order valence-electron chi connectivity index (χ2n) is 7.36. The number of nitrogens with zero attached hydrogens (tertiary/aromatic N) is 1. The highest BCUT2D eigenvalue weighted by atomic mass is 35.5. The van der Waals surface area contributed by atoms with Crippen molar-refractivity contribution in [2.75, 3.05) is 17.3 Å². The smallest absolute Gasteiger partial charge is 0.417 e. The van der Waals surface area contributed by atoms with Gasteiger partial charge in [0.2, 0.25) is 0 Å². The van der Waals surface area contributed by atoms with Gasteiger partial charge in [-0.2, -0.15) is 13.2 Å². The van der Waals surface area contributed by atoms with E-state index in [2.05, 4.69) is 10.3 Å². The van der Waals surface area contributed by atoms with E-state index in [0.29, 0.717) is 34.7 Å². The first-order valence-corrected chi connectivity index (χ1v) is 11.9. The van der Waals surface area contributed by atoms with Gasteiger partial charge in [-0.25, -0.2) is 13.4 Å². The first-order valence-electron chi connectivity index (χ1n) is 9.66. The molecule has 0 aliphatic carbocycles. The van der Waals surface area contributed by atoms with Crippen molar-refractivity contribution in [3.63, 3.8) is 0 Å². The Kier molecular flexibility index (Phi) is 7.08. The second kappa shape index (κ2) is 9.51. The van der Waals surface area contributed by atoms with Gasteiger partial charge in [-0.05, 0) is 42.8 Å². The number of hydrogen-bond donors (Lipinski definition) is 2. The zero-order chi connectivity index (χ0) is 25.3. The Morgan fingerprint density at radius 1 is 1.18 bits per heavy atom. The van der Waals surface area contributed by atoms with E-state index < -0.39 is 38.5 Å². The molecule has 0 spiro atoms. The number of nitrogens with one attached hydrogen (secondary N) is 1. The van der Waals surface area contributed by atoms with Gasteiger partial charge in [0.05, 0.1) is 15.5 Å². The average Bonchev–Trinajstić information content (AvgIpc) is 2.74. The summed E-state index contributed by atoms with van der Waals surface area (Å²) in [5.74, 6) is -0.371. The molecule has 0 saturated carbocycles. The SMILES string of the molecule is C[C@@H](Oc1cc(Cl)cnc1N)c1cccc(NC(=O)c2ccc(C(F)(F)F)c(S(C)(=O)=O)c2)c1. The number of aromatic nitrogens is 1. The maximum atomic E-state index is 13.2. The summed E-state index contributed by atoms with van der Waals surface area (Å²) in [7, 11) is -4.24. The molecule has 2 aromatic carbocycles. The maximum Gasteiger partial charge on any atom is 0.417 e. The van der Waals surface area contributed by atoms with E-state index in [-0.39, 0.29) is 17.1 Å². The van der Waals surface area contributed by atoms with Crippen LogP contribution in [-0.4, -0.2) is 25.6 Å². The summed E-state index contributed by atoms with van der Waals surface area (Å²) in [4.78, 5) is 15.6. The molecule has 0 unspecified atom stereocenters. The largest absolute Gasteiger partial charge is 0.482 e. The minimum absolute atomic E-state index is 0.143. The number of ether oxygens (including phenoxy) is 1. The normalized spacial score (nSPS) is 12.8. The molecule has 0 aliphatic rings. The topological polar surface area (TPSA) is 111 Å². The van der Waals surface area contributed by atoms with Gasteiger partial charge in [-0.15, -0.1) is 0 Å². The van der Waals surface area contributed by atoms with Gasteiger partial charge in [0, 0.05) is 29.8 Å². The quantitative estimate of drug-likeness (QED) is 0.472. The third kappa shape index (κ3) is 5.97. The average molecular weight is 514 g/mol. The molecule has 0 radical (unpaired) electrons. The molecule has 1 amide bonds. The number of hydrogen-bond acceptors (Lipinski definition) is 6. The standard InChI is InChI=1S/C22H19ClF3N3O4S/c1-12(33-18-10-15(23)11-28-20(18)27)13-4-3-5-16(8-13)29-21(30)14-6-7-17(22(24,25)26)19(9-14)34(2,31)32/h3-12H,1-2H3,(H2,27,28)(H,29,30)/t12-/m1/s1. The van der Waals surface area contributed by atoms with Crippen LogP contribution >= 0.6 is 11.6 Å². The highest BCUT2D eigenvalue weighted by molar-refractivity contribution is 7.90. The molecule has 0 bridgehead atoms. The van der Waals surface area contributed by atoms with Crippen molar-refractivity contribution in [3.05, 3.63) is 76.4 Å². The number of pyridine rings is 1. The zero-order valence-electron chi connectivity index (χ0n) is 17.9. The Morgan fingerprint density at radius 3 is 2.53 bits per heavy atom. The molecular formula is C22H19ClF3N3O4S. The Labute approximate surface area is 198 Å². The Bertz CT molecular complexity index is 1350. The van der Waals surface area contributed by atoms with Crippen LogP contribution in [-0.2, 0) is 16.0 Å². The zero-order valence-corrected chi connectivity index (χ0v) is 19.4. The van der Waals surface area contributed by atoms with Crippen molar-refractivity contribution >= 4 is 38.9 Å². The van der Waals surface area contributed by atoms with E-state index in [9.17, 15) is 26.4 Å². The molecule has 0 saturated heterocycles. The van der Waals surface area contributed by atoms with Crippen LogP contribution in [0.3, 0.4) is 0 Å². The molecule has 34 heavy (non-hydrogen) atoms. The molecular weight excluding hydrogens is 495 g/mol. The number of sulfone groups is 1. The van der Waals surface area contributed by atoms with Gasteiger partial charge in [-0.1, -0.05) is 23.7 Å². The lowest BCUT2D eigenvalue weighted by atomic mass is 10.1. The fourth-order valence-electron chi connectivity index (χ4n) is 3.06. The summed E-state index contributed by atoms with van der Waals surface area (Å²) >= 11 is 5.92. The fourth-order valence-corrected chi connectivity index (χ4v) is 4.13. The highest BCUT2D eigenvalue weighted by Gasteiger charge is 2.36. The second-order valence-corrected chi connectivity index (χ2v) is 9.78. The number of alkyl halides is 3. The van der Waals surface area contributed by atoms with E-state index in [1.165, 1.54) is 12.3 Å². The van der Waals surface area contributed by atoms with E-state index in [1.807, 2.05) is 0 Å². The van der Waals surface area contributed by atoms with Gasteiger partial charge >= 0.3 is 6.18 Å². The minimum Gasteiger partial charge on any atom is -0.482 e. The predicted molar refractivity (Wildman–Crippen MR) is 122 cm³/mol. The van der Waals surface area contributed by atoms with Crippen LogP contribution in [0.5, 0.6) is 5.75 Å². The lowest BCUT2D eigenvalue weighted by Crippen LogP contribution is -2.17. The first kappa shape index (κ1) is 25.3. The van der Waals surface area contributed by atoms with E-state index in [4.69, 9.17) is 22.1 Å². The number of benzene rings is 2. The van der Waals surface area contributed by atoms with Crippen molar-refractivity contribution < 1.29 is 31.1 Å². The molecule has 0 aliphatic heterocycles. The van der Waals surface area contributed by atoms with Crippen LogP contribution in [0.4, 0.5) is 24.7 Å². The Hall–Kier alpha value is -3.31. The summed E-state index contributed by atoms with van der Waals surface area (Å²) in [6.07, 6.45) is -3.39. The maximum absolute atomic E-state index is 13.2. The summed E-state index contributed by atoms with van der Waals surface area (Å²) in [5, 5.41) is 2.88. The van der Waals surface area contributed by atoms with Gasteiger partial charge < -0.3 is 15.8 Å². The van der Waals surface area contributed by atoms with E-state index in [0.717, 1.165) is 6.07 Å². The predicted octanol–water partition coefficient (Wildman–Crippen LogP) is 5.13. The van der Waals surface area contributed by atoms with Crippen LogP contribution in [0.15, 0.2) is 59.6 Å².